The summed E-state index contributed by atoms with van der Waals surface area (Å²) in [5.74, 6) is 2.06. The van der Waals surface area contributed by atoms with Gasteiger partial charge in [0, 0.05) is 24.1 Å². The fraction of sp³-hybridized carbons (Fsp3) is 0.531. The summed E-state index contributed by atoms with van der Waals surface area (Å²) in [5.41, 5.74) is 5.41. The molecule has 7 heteroatoms. The highest BCUT2D eigenvalue weighted by Crippen LogP contribution is 2.49. The number of carbonyl (C=O) groups is 2. The molecule has 1 saturated carbocycles. The lowest BCUT2D eigenvalue weighted by Crippen LogP contribution is -2.18. The van der Waals surface area contributed by atoms with E-state index in [1.54, 1.807) is 6.08 Å². The van der Waals surface area contributed by atoms with E-state index in [9.17, 15) is 14.7 Å². The van der Waals surface area contributed by atoms with E-state index in [1.165, 1.54) is 31.6 Å². The Bertz CT molecular complexity index is 1260. The van der Waals surface area contributed by atoms with Crippen molar-refractivity contribution in [2.75, 3.05) is 20.5 Å². The van der Waals surface area contributed by atoms with Crippen molar-refractivity contribution in [3.8, 4) is 11.5 Å². The van der Waals surface area contributed by atoms with E-state index in [-0.39, 0.29) is 30.3 Å². The zero-order chi connectivity index (χ0) is 28.7. The zero-order valence-corrected chi connectivity index (χ0v) is 24.4. The predicted molar refractivity (Wildman–Crippen MR) is 154 cm³/mol. The summed E-state index contributed by atoms with van der Waals surface area (Å²) in [5, 5.41) is 11.6. The fourth-order valence-electron chi connectivity index (χ4n) is 4.84. The molecule has 1 N–H and O–H groups in total. The number of aldehydes is 1. The standard InChI is InChI=1S/C29H35NO6.C3H8/c1-6-16(2)9-22-28(19-7-8-19)21-11-26-27(36-15-35-26)12-24(21)30-29(22)17(3)10-20(25(33)13-31)23(14-34-5)18(4)32;1-3-2/h10-13,16,19,25,33H,6-9,14-15H2,1-5H3;3H2,1-2H3/b17-10+,23-20+;. The molecule has 7 nitrogen and oxygen atoms in total. The van der Waals surface area contributed by atoms with Crippen LogP contribution in [-0.2, 0) is 20.7 Å². The van der Waals surface area contributed by atoms with Crippen LogP contribution < -0.4 is 9.47 Å². The van der Waals surface area contributed by atoms with Gasteiger partial charge in [-0.2, -0.15) is 0 Å². The second kappa shape index (κ2) is 13.9. The van der Waals surface area contributed by atoms with Crippen LogP contribution in [0.25, 0.3) is 16.5 Å². The first-order chi connectivity index (χ1) is 18.7. The van der Waals surface area contributed by atoms with Gasteiger partial charge in [-0.25, -0.2) is 4.98 Å². The van der Waals surface area contributed by atoms with Gasteiger partial charge in [-0.05, 0) is 73.3 Å². The minimum absolute atomic E-state index is 0.00101. The summed E-state index contributed by atoms with van der Waals surface area (Å²) in [6, 6.07) is 3.98. The highest BCUT2D eigenvalue weighted by atomic mass is 16.7. The molecule has 0 spiro atoms. The van der Waals surface area contributed by atoms with E-state index >= 15 is 0 Å². The molecule has 1 aromatic carbocycles. The lowest BCUT2D eigenvalue weighted by molar-refractivity contribution is -0.114. The van der Waals surface area contributed by atoms with E-state index in [1.807, 2.05) is 13.0 Å². The van der Waals surface area contributed by atoms with Crippen molar-refractivity contribution in [2.45, 2.75) is 85.7 Å². The number of ketones is 1. The predicted octanol–water partition coefficient (Wildman–Crippen LogP) is 6.34. The quantitative estimate of drug-likeness (QED) is 0.203. The Morgan fingerprint density at radius 3 is 2.36 bits per heavy atom. The summed E-state index contributed by atoms with van der Waals surface area (Å²) in [6.07, 6.45) is 6.09. The number of rotatable bonds is 11. The van der Waals surface area contributed by atoms with Gasteiger partial charge in [-0.1, -0.05) is 46.6 Å². The van der Waals surface area contributed by atoms with Crippen LogP contribution in [-0.4, -0.2) is 48.8 Å². The van der Waals surface area contributed by atoms with Crippen molar-refractivity contribution < 1.29 is 28.9 Å². The number of ether oxygens (including phenoxy) is 3. The second-order valence-electron chi connectivity index (χ2n) is 10.6. The number of pyridine rings is 1. The number of hydrogen-bond donors (Lipinski definition) is 1. The van der Waals surface area contributed by atoms with E-state index in [0.29, 0.717) is 23.9 Å². The van der Waals surface area contributed by atoms with Gasteiger partial charge >= 0.3 is 0 Å². The molecule has 0 saturated heterocycles. The third-order valence-corrected chi connectivity index (χ3v) is 7.11. The summed E-state index contributed by atoms with van der Waals surface area (Å²) in [4.78, 5) is 29.0. The molecular weight excluding hydrogens is 494 g/mol. The Balaban J connectivity index is 0.00000134. The van der Waals surface area contributed by atoms with E-state index in [4.69, 9.17) is 19.2 Å². The summed E-state index contributed by atoms with van der Waals surface area (Å²) >= 11 is 0. The fourth-order valence-corrected chi connectivity index (χ4v) is 4.84. The number of aliphatic hydroxyl groups excluding tert-OH is 1. The van der Waals surface area contributed by atoms with Gasteiger partial charge in [0.05, 0.1) is 17.8 Å². The van der Waals surface area contributed by atoms with E-state index in [0.717, 1.165) is 53.6 Å². The summed E-state index contributed by atoms with van der Waals surface area (Å²) in [7, 11) is 1.48. The lowest BCUT2D eigenvalue weighted by Gasteiger charge is -2.21. The Labute approximate surface area is 232 Å². The van der Waals surface area contributed by atoms with Crippen molar-refractivity contribution in [2.24, 2.45) is 5.92 Å². The number of aromatic nitrogens is 1. The number of benzene rings is 1. The van der Waals surface area contributed by atoms with Gasteiger partial charge in [0.2, 0.25) is 6.79 Å². The van der Waals surface area contributed by atoms with E-state index < -0.39 is 6.10 Å². The molecule has 1 fully saturated rings. The second-order valence-corrected chi connectivity index (χ2v) is 10.6. The van der Waals surface area contributed by atoms with Crippen molar-refractivity contribution in [3.05, 3.63) is 46.2 Å². The highest BCUT2D eigenvalue weighted by Gasteiger charge is 2.32. The van der Waals surface area contributed by atoms with Crippen LogP contribution in [0.4, 0.5) is 0 Å². The lowest BCUT2D eigenvalue weighted by atomic mass is 9.87. The molecule has 0 radical (unpaired) electrons. The van der Waals surface area contributed by atoms with E-state index in [2.05, 4.69) is 33.8 Å². The first-order valence-corrected chi connectivity index (χ1v) is 14.0. The molecule has 2 heterocycles. The molecule has 212 valence electrons. The first-order valence-electron chi connectivity index (χ1n) is 14.0. The molecule has 2 aliphatic rings. The first kappa shape index (κ1) is 30.5. The van der Waals surface area contributed by atoms with Gasteiger partial charge in [-0.15, -0.1) is 0 Å². The van der Waals surface area contributed by atoms with Gasteiger partial charge in [-0.3, -0.25) is 4.79 Å². The normalized spacial score (nSPS) is 16.8. The Morgan fingerprint density at radius 1 is 1.18 bits per heavy atom. The zero-order valence-electron chi connectivity index (χ0n) is 24.4. The minimum Gasteiger partial charge on any atom is -0.454 e. The monoisotopic (exact) mass is 537 g/mol. The van der Waals surface area contributed by atoms with Crippen LogP contribution in [0.1, 0.15) is 90.0 Å². The van der Waals surface area contributed by atoms with Gasteiger partial charge in [0.15, 0.2) is 23.6 Å². The Hall–Kier alpha value is -3.03. The molecule has 2 unspecified atom stereocenters. The Kier molecular flexibility index (Phi) is 10.8. The average molecular weight is 538 g/mol. The molecule has 4 rings (SSSR count). The van der Waals surface area contributed by atoms with Crippen molar-refractivity contribution in [3.63, 3.8) is 0 Å². The number of fused-ring (bicyclic) bond motifs is 2. The van der Waals surface area contributed by atoms with Crippen molar-refractivity contribution in [1.82, 2.24) is 4.98 Å². The maximum absolute atomic E-state index is 12.4. The molecule has 1 aliphatic heterocycles. The number of allylic oxidation sites excluding steroid dienone is 1. The van der Waals surface area contributed by atoms with Crippen LogP contribution in [0.15, 0.2) is 29.4 Å². The third kappa shape index (κ3) is 7.14. The molecule has 2 aromatic rings. The van der Waals surface area contributed by atoms with Crippen LogP contribution in [0.5, 0.6) is 11.5 Å². The van der Waals surface area contributed by atoms with Gasteiger partial charge < -0.3 is 24.1 Å². The molecule has 0 amide bonds. The van der Waals surface area contributed by atoms with Crippen LogP contribution in [0, 0.1) is 5.92 Å². The van der Waals surface area contributed by atoms with Gasteiger partial charge in [0.1, 0.15) is 6.10 Å². The number of carbonyl (C=O) groups excluding carboxylic acids is 2. The number of nitrogens with zero attached hydrogens (tertiary/aromatic N) is 1. The summed E-state index contributed by atoms with van der Waals surface area (Å²) in [6.45, 7) is 12.2. The highest BCUT2D eigenvalue weighted by molar-refractivity contribution is 5.96. The largest absolute Gasteiger partial charge is 0.454 e. The molecule has 1 aliphatic carbocycles. The van der Waals surface area contributed by atoms with Crippen molar-refractivity contribution >= 4 is 28.5 Å². The molecular formula is C32H43NO6. The molecule has 0 bridgehead atoms. The Morgan fingerprint density at radius 2 is 1.82 bits per heavy atom. The number of methoxy groups -OCH3 is 1. The number of aliphatic hydroxyl groups is 1. The molecule has 2 atom stereocenters. The van der Waals surface area contributed by atoms with Gasteiger partial charge in [0.25, 0.3) is 0 Å². The SMILES string of the molecule is CCC.CCC(C)Cc1c(/C(C)=C/C(=C(/COC)C(C)=O)C(O)C=O)nc2cc3c(cc2c1C1CC1)OCO3. The smallest absolute Gasteiger partial charge is 0.231 e. The maximum atomic E-state index is 12.4. The maximum Gasteiger partial charge on any atom is 0.231 e. The topological polar surface area (TPSA) is 95.0 Å². The molecule has 1 aromatic heterocycles. The number of hydrogen-bond acceptors (Lipinski definition) is 7. The summed E-state index contributed by atoms with van der Waals surface area (Å²) < 4.78 is 16.5. The van der Waals surface area contributed by atoms with Crippen LogP contribution >= 0.6 is 0 Å². The average Bonchev–Trinajstić information content (AvgIpc) is 3.65. The third-order valence-electron chi connectivity index (χ3n) is 7.11. The number of Topliss-reactive ketones (excluding diaryl/α,β-unsaturated/α-hetero) is 1. The van der Waals surface area contributed by atoms with Crippen LogP contribution in [0.2, 0.25) is 0 Å². The molecule has 39 heavy (non-hydrogen) atoms. The minimum atomic E-state index is -1.44. The van der Waals surface area contributed by atoms with Crippen molar-refractivity contribution in [1.29, 1.82) is 0 Å². The van der Waals surface area contributed by atoms with Crippen LogP contribution in [0.3, 0.4) is 0 Å².